The molecule has 8 heteroatoms. The van der Waals surface area contributed by atoms with Gasteiger partial charge in [-0.15, -0.1) is 0 Å². The van der Waals surface area contributed by atoms with Gasteiger partial charge in [0.15, 0.2) is 5.13 Å². The highest BCUT2D eigenvalue weighted by atomic mass is 32.1. The van der Waals surface area contributed by atoms with Gasteiger partial charge in [0, 0.05) is 18.8 Å². The number of aromatic nitrogens is 2. The number of ether oxygens (including phenoxy) is 2. The molecule has 3 aromatic rings. The molecule has 1 aliphatic heterocycles. The van der Waals surface area contributed by atoms with E-state index in [1.54, 1.807) is 22.4 Å². The Labute approximate surface area is 179 Å². The topological polar surface area (TPSA) is 76.6 Å². The fraction of sp³-hybridized carbons (Fsp3) is 0.409. The number of carbonyl (C=O) groups excluding carboxylic acids is 1. The molecule has 7 nitrogen and oxygen atoms in total. The lowest BCUT2D eigenvalue weighted by Gasteiger charge is -2.31. The summed E-state index contributed by atoms with van der Waals surface area (Å²) in [4.78, 5) is 23.6. The Morgan fingerprint density at radius 1 is 1.23 bits per heavy atom. The van der Waals surface area contributed by atoms with E-state index in [0.717, 1.165) is 52.2 Å². The van der Waals surface area contributed by atoms with Crippen molar-refractivity contribution in [3.05, 3.63) is 30.5 Å². The number of thiazole rings is 1. The summed E-state index contributed by atoms with van der Waals surface area (Å²) in [5, 5.41) is 3.97. The number of hydrogen-bond acceptors (Lipinski definition) is 7. The minimum atomic E-state index is -0.304. The van der Waals surface area contributed by atoms with E-state index < -0.39 is 0 Å². The van der Waals surface area contributed by atoms with Crippen LogP contribution in [0.25, 0.3) is 21.3 Å². The van der Waals surface area contributed by atoms with Crippen molar-refractivity contribution in [3.63, 3.8) is 0 Å². The zero-order chi connectivity index (χ0) is 20.5. The van der Waals surface area contributed by atoms with Crippen LogP contribution in [0.2, 0.25) is 0 Å². The molecule has 1 fully saturated rings. The van der Waals surface area contributed by atoms with Gasteiger partial charge < -0.3 is 14.8 Å². The van der Waals surface area contributed by atoms with Gasteiger partial charge in [-0.3, -0.25) is 4.90 Å². The zero-order valence-corrected chi connectivity index (χ0v) is 17.7. The average Bonchev–Trinajstić information content (AvgIpc) is 3.21. The van der Waals surface area contributed by atoms with Crippen molar-refractivity contribution in [2.45, 2.75) is 38.2 Å². The molecule has 3 heterocycles. The maximum absolute atomic E-state index is 12.9. The third-order valence-corrected chi connectivity index (χ3v) is 6.69. The van der Waals surface area contributed by atoms with Crippen LogP contribution in [0.5, 0.6) is 5.88 Å². The first-order valence-electron chi connectivity index (χ1n) is 10.4. The molecule has 1 saturated carbocycles. The number of carbonyl (C=O) groups is 1. The van der Waals surface area contributed by atoms with Crippen molar-refractivity contribution < 1.29 is 14.3 Å². The van der Waals surface area contributed by atoms with Gasteiger partial charge in [-0.25, -0.2) is 14.8 Å². The molecule has 2 aliphatic rings. The molecule has 0 saturated heterocycles. The number of fused-ring (bicyclic) bond motifs is 2. The van der Waals surface area contributed by atoms with Gasteiger partial charge in [0.1, 0.15) is 18.4 Å². The first kappa shape index (κ1) is 19.1. The Bertz CT molecular complexity index is 1080. The number of nitrogens with one attached hydrogen (secondary N) is 1. The highest BCUT2D eigenvalue weighted by Crippen LogP contribution is 2.36. The molecule has 0 radical (unpaired) electrons. The second kappa shape index (κ2) is 8.10. The third kappa shape index (κ3) is 3.67. The molecule has 0 atom stereocenters. The van der Waals surface area contributed by atoms with Crippen molar-refractivity contribution in [2.75, 3.05) is 30.4 Å². The van der Waals surface area contributed by atoms with Crippen LogP contribution in [0.3, 0.4) is 0 Å². The van der Waals surface area contributed by atoms with Gasteiger partial charge in [0.2, 0.25) is 5.88 Å². The molecule has 1 N–H and O–H groups in total. The standard InChI is InChI=1S/C22H24N4O3S/c1-23-21-25-17-8-7-14(12-19(17)30-21)15-11-18-20(24-13-15)28-10-9-26(18)22(27)29-16-5-3-2-4-6-16/h7-8,11-13,16H,2-6,9-10H2,1H3,(H,23,25). The molecule has 0 bridgehead atoms. The molecule has 5 rings (SSSR count). The fourth-order valence-electron chi connectivity index (χ4n) is 4.05. The number of amides is 1. The molecule has 1 amide bonds. The summed E-state index contributed by atoms with van der Waals surface area (Å²) < 4.78 is 12.6. The number of pyridine rings is 1. The minimum Gasteiger partial charge on any atom is -0.474 e. The predicted molar refractivity (Wildman–Crippen MR) is 119 cm³/mol. The van der Waals surface area contributed by atoms with E-state index in [1.165, 1.54) is 6.42 Å². The number of hydrogen-bond donors (Lipinski definition) is 1. The smallest absolute Gasteiger partial charge is 0.414 e. The lowest BCUT2D eigenvalue weighted by Crippen LogP contribution is -2.40. The average molecular weight is 425 g/mol. The van der Waals surface area contributed by atoms with E-state index >= 15 is 0 Å². The molecular weight excluding hydrogens is 400 g/mol. The number of benzene rings is 1. The van der Waals surface area contributed by atoms with Gasteiger partial charge in [0.05, 0.1) is 16.8 Å². The van der Waals surface area contributed by atoms with Crippen LogP contribution >= 0.6 is 11.3 Å². The van der Waals surface area contributed by atoms with Crippen molar-refractivity contribution in [1.82, 2.24) is 9.97 Å². The molecule has 2 aromatic heterocycles. The maximum atomic E-state index is 12.9. The fourth-order valence-corrected chi connectivity index (χ4v) is 4.91. The van der Waals surface area contributed by atoms with Crippen molar-refractivity contribution >= 4 is 38.5 Å². The second-order valence-electron chi connectivity index (χ2n) is 7.64. The summed E-state index contributed by atoms with van der Waals surface area (Å²) in [6.07, 6.45) is 6.87. The molecule has 1 aromatic carbocycles. The molecule has 0 unspecified atom stereocenters. The van der Waals surface area contributed by atoms with Crippen molar-refractivity contribution in [1.29, 1.82) is 0 Å². The Balaban J connectivity index is 1.44. The molecule has 1 aliphatic carbocycles. The monoisotopic (exact) mass is 424 g/mol. The van der Waals surface area contributed by atoms with E-state index in [1.807, 2.05) is 25.2 Å². The quantitative estimate of drug-likeness (QED) is 0.633. The summed E-state index contributed by atoms with van der Waals surface area (Å²) in [6, 6.07) is 8.10. The van der Waals surface area contributed by atoms with Crippen molar-refractivity contribution in [2.24, 2.45) is 0 Å². The Morgan fingerprint density at radius 2 is 2.10 bits per heavy atom. The summed E-state index contributed by atoms with van der Waals surface area (Å²) in [5.74, 6) is 0.474. The van der Waals surface area contributed by atoms with Crippen LogP contribution in [-0.2, 0) is 4.74 Å². The number of nitrogens with zero attached hydrogens (tertiary/aromatic N) is 3. The first-order chi connectivity index (χ1) is 14.7. The second-order valence-corrected chi connectivity index (χ2v) is 8.67. The lowest BCUT2D eigenvalue weighted by molar-refractivity contribution is 0.0792. The summed E-state index contributed by atoms with van der Waals surface area (Å²) in [7, 11) is 1.87. The number of rotatable bonds is 3. The van der Waals surface area contributed by atoms with E-state index in [9.17, 15) is 4.79 Å². The van der Waals surface area contributed by atoms with Crippen LogP contribution in [0.4, 0.5) is 15.6 Å². The van der Waals surface area contributed by atoms with Crippen LogP contribution in [-0.4, -0.2) is 42.4 Å². The maximum Gasteiger partial charge on any atom is 0.414 e. The predicted octanol–water partition coefficient (Wildman–Crippen LogP) is 5.07. The molecule has 156 valence electrons. The summed E-state index contributed by atoms with van der Waals surface area (Å²) in [6.45, 7) is 0.877. The Hall–Kier alpha value is -2.87. The normalized spacial score (nSPS) is 16.8. The summed E-state index contributed by atoms with van der Waals surface area (Å²) >= 11 is 1.61. The van der Waals surface area contributed by atoms with Crippen LogP contribution in [0.1, 0.15) is 32.1 Å². The van der Waals surface area contributed by atoms with E-state index in [0.29, 0.717) is 24.7 Å². The van der Waals surface area contributed by atoms with Gasteiger partial charge in [-0.2, -0.15) is 0 Å². The highest BCUT2D eigenvalue weighted by molar-refractivity contribution is 7.22. The van der Waals surface area contributed by atoms with Crippen LogP contribution < -0.4 is 15.0 Å². The summed E-state index contributed by atoms with van der Waals surface area (Å²) in [5.41, 5.74) is 3.58. The Kier molecular flexibility index (Phi) is 5.16. The molecular formula is C22H24N4O3S. The van der Waals surface area contributed by atoms with E-state index in [2.05, 4.69) is 21.4 Å². The lowest BCUT2D eigenvalue weighted by atomic mass is 9.98. The van der Waals surface area contributed by atoms with Gasteiger partial charge >= 0.3 is 6.09 Å². The van der Waals surface area contributed by atoms with Gasteiger partial charge in [0.25, 0.3) is 0 Å². The number of anilines is 2. The first-order valence-corrected chi connectivity index (χ1v) is 11.2. The zero-order valence-electron chi connectivity index (χ0n) is 16.9. The SMILES string of the molecule is CNc1nc2ccc(-c3cnc4c(c3)N(C(=O)OC3CCCCC3)CCO4)cc2s1. The highest BCUT2D eigenvalue weighted by Gasteiger charge is 2.29. The molecule has 0 spiro atoms. The van der Waals surface area contributed by atoms with Crippen LogP contribution in [0.15, 0.2) is 30.5 Å². The van der Waals surface area contributed by atoms with E-state index in [-0.39, 0.29) is 12.2 Å². The third-order valence-electron chi connectivity index (χ3n) is 5.65. The minimum absolute atomic E-state index is 0.0174. The Morgan fingerprint density at radius 3 is 2.93 bits per heavy atom. The van der Waals surface area contributed by atoms with E-state index in [4.69, 9.17) is 9.47 Å². The van der Waals surface area contributed by atoms with Gasteiger partial charge in [-0.1, -0.05) is 23.8 Å². The molecule has 30 heavy (non-hydrogen) atoms. The van der Waals surface area contributed by atoms with Gasteiger partial charge in [-0.05, 0) is 49.4 Å². The largest absolute Gasteiger partial charge is 0.474 e. The van der Waals surface area contributed by atoms with Crippen molar-refractivity contribution in [3.8, 4) is 17.0 Å². The van der Waals surface area contributed by atoms with Crippen LogP contribution in [0, 0.1) is 0 Å².